The lowest BCUT2D eigenvalue weighted by Gasteiger charge is -2.24. The van der Waals surface area contributed by atoms with Gasteiger partial charge in [-0.05, 0) is 36.4 Å². The van der Waals surface area contributed by atoms with Crippen molar-refractivity contribution < 1.29 is 4.79 Å². The monoisotopic (exact) mass is 285 g/mol. The molecule has 3 rings (SSSR count). The fourth-order valence-corrected chi connectivity index (χ4v) is 2.22. The Balaban J connectivity index is 1.84. The van der Waals surface area contributed by atoms with E-state index in [4.69, 9.17) is 0 Å². The van der Waals surface area contributed by atoms with Crippen LogP contribution in [0.15, 0.2) is 85.1 Å². The normalized spacial score (nSPS) is 16.0. The summed E-state index contributed by atoms with van der Waals surface area (Å²) >= 11 is 0. The molecule has 1 heterocycles. The lowest BCUT2D eigenvalue weighted by Crippen LogP contribution is -2.35. The zero-order valence-corrected chi connectivity index (χ0v) is 12.0. The Hall–Kier alpha value is -3.05. The van der Waals surface area contributed by atoms with Gasteiger partial charge in [0.2, 0.25) is 0 Å². The van der Waals surface area contributed by atoms with E-state index < -0.39 is 0 Å². The number of hydrogen-bond acceptors (Lipinski definition) is 1. The maximum atomic E-state index is 12.6. The second kappa shape index (κ2) is 6.60. The first-order chi connectivity index (χ1) is 10.8. The Labute approximate surface area is 130 Å². The van der Waals surface area contributed by atoms with E-state index in [9.17, 15) is 4.79 Å². The minimum Gasteiger partial charge on any atom is -0.297 e. The Morgan fingerprint density at radius 1 is 0.909 bits per heavy atom. The van der Waals surface area contributed by atoms with Crippen LogP contribution in [0.1, 0.15) is 15.9 Å². The number of carbonyl (C=O) groups is 1. The smallest absolute Gasteiger partial charge is 0.259 e. The highest BCUT2D eigenvalue weighted by atomic mass is 16.2. The average molecular weight is 285 g/mol. The van der Waals surface area contributed by atoms with Gasteiger partial charge in [-0.3, -0.25) is 9.69 Å². The summed E-state index contributed by atoms with van der Waals surface area (Å²) in [6.07, 6.45) is 7.47. The van der Waals surface area contributed by atoms with Crippen LogP contribution in [-0.2, 0) is 0 Å². The standard InChI is InChI=1S/C20H15NO/c22-20(18-11-5-2-6-12-18)21-16-8-7-13-19(21)15-14-17-9-3-1-4-10-17/h1-13,16,19H. The molecule has 2 aromatic rings. The summed E-state index contributed by atoms with van der Waals surface area (Å²) in [7, 11) is 0. The number of nitrogens with zero attached hydrogens (tertiary/aromatic N) is 1. The molecule has 0 aromatic heterocycles. The van der Waals surface area contributed by atoms with E-state index in [0.717, 1.165) is 5.56 Å². The molecule has 22 heavy (non-hydrogen) atoms. The first-order valence-corrected chi connectivity index (χ1v) is 7.14. The molecule has 0 fully saturated rings. The van der Waals surface area contributed by atoms with E-state index in [1.807, 2.05) is 78.9 Å². The van der Waals surface area contributed by atoms with Crippen molar-refractivity contribution >= 4 is 5.91 Å². The van der Waals surface area contributed by atoms with Crippen LogP contribution in [-0.4, -0.2) is 16.8 Å². The molecule has 2 aromatic carbocycles. The molecular weight excluding hydrogens is 270 g/mol. The summed E-state index contributed by atoms with van der Waals surface area (Å²) in [5, 5.41) is 0. The van der Waals surface area contributed by atoms with Crippen molar-refractivity contribution in [3.8, 4) is 11.8 Å². The number of carbonyl (C=O) groups excluding carboxylic acids is 1. The molecule has 2 nitrogen and oxygen atoms in total. The third-order valence-corrected chi connectivity index (χ3v) is 3.34. The summed E-state index contributed by atoms with van der Waals surface area (Å²) in [4.78, 5) is 14.3. The molecule has 1 unspecified atom stereocenters. The van der Waals surface area contributed by atoms with Crippen molar-refractivity contribution in [3.05, 3.63) is 96.2 Å². The van der Waals surface area contributed by atoms with Crippen LogP contribution in [0.4, 0.5) is 0 Å². The van der Waals surface area contributed by atoms with Crippen molar-refractivity contribution in [2.24, 2.45) is 0 Å². The van der Waals surface area contributed by atoms with Crippen molar-refractivity contribution in [1.29, 1.82) is 0 Å². The Morgan fingerprint density at radius 3 is 2.32 bits per heavy atom. The SMILES string of the molecule is O=C(c1ccccc1)N1C=CC=CC1C#Cc1ccccc1. The third-order valence-electron chi connectivity index (χ3n) is 3.34. The van der Waals surface area contributed by atoms with E-state index in [0.29, 0.717) is 5.56 Å². The van der Waals surface area contributed by atoms with Crippen LogP contribution >= 0.6 is 0 Å². The quantitative estimate of drug-likeness (QED) is 0.733. The second-order valence-corrected chi connectivity index (χ2v) is 4.89. The van der Waals surface area contributed by atoms with Crippen LogP contribution in [0.3, 0.4) is 0 Å². The molecular formula is C20H15NO. The van der Waals surface area contributed by atoms with Crippen molar-refractivity contribution in [3.63, 3.8) is 0 Å². The number of amides is 1. The molecule has 0 saturated carbocycles. The molecule has 0 bridgehead atoms. The molecule has 0 N–H and O–H groups in total. The third kappa shape index (κ3) is 3.16. The second-order valence-electron chi connectivity index (χ2n) is 4.89. The Kier molecular flexibility index (Phi) is 4.17. The molecule has 0 radical (unpaired) electrons. The van der Waals surface area contributed by atoms with E-state index in [1.165, 1.54) is 0 Å². The van der Waals surface area contributed by atoms with Crippen LogP contribution < -0.4 is 0 Å². The van der Waals surface area contributed by atoms with Gasteiger partial charge in [-0.25, -0.2) is 0 Å². The van der Waals surface area contributed by atoms with E-state index in [1.54, 1.807) is 11.1 Å². The minimum absolute atomic E-state index is 0.0476. The van der Waals surface area contributed by atoms with Crippen molar-refractivity contribution in [2.45, 2.75) is 6.04 Å². The maximum absolute atomic E-state index is 12.6. The van der Waals surface area contributed by atoms with Gasteiger partial charge in [0, 0.05) is 17.3 Å². The topological polar surface area (TPSA) is 20.3 Å². The fourth-order valence-electron chi connectivity index (χ4n) is 2.22. The average Bonchev–Trinajstić information content (AvgIpc) is 2.61. The van der Waals surface area contributed by atoms with Crippen LogP contribution in [0.5, 0.6) is 0 Å². The van der Waals surface area contributed by atoms with Gasteiger partial charge in [0.15, 0.2) is 0 Å². The van der Waals surface area contributed by atoms with Crippen molar-refractivity contribution in [2.75, 3.05) is 0 Å². The van der Waals surface area contributed by atoms with Gasteiger partial charge < -0.3 is 0 Å². The number of benzene rings is 2. The van der Waals surface area contributed by atoms with Gasteiger partial charge in [-0.1, -0.05) is 54.3 Å². The van der Waals surface area contributed by atoms with E-state index >= 15 is 0 Å². The van der Waals surface area contributed by atoms with Crippen LogP contribution in [0, 0.1) is 11.8 Å². The summed E-state index contributed by atoms with van der Waals surface area (Å²) in [6, 6.07) is 18.8. The zero-order chi connectivity index (χ0) is 15.2. The molecule has 1 atom stereocenters. The predicted molar refractivity (Wildman–Crippen MR) is 88.0 cm³/mol. The zero-order valence-electron chi connectivity index (χ0n) is 12.0. The lowest BCUT2D eigenvalue weighted by atomic mass is 10.1. The molecule has 1 amide bonds. The first kappa shape index (κ1) is 13.9. The molecule has 0 spiro atoms. The number of rotatable bonds is 1. The van der Waals surface area contributed by atoms with E-state index in [2.05, 4.69) is 11.8 Å². The molecule has 0 aliphatic carbocycles. The maximum Gasteiger partial charge on any atom is 0.259 e. The number of allylic oxidation sites excluding steroid dienone is 2. The summed E-state index contributed by atoms with van der Waals surface area (Å²) in [5.74, 6) is 6.23. The Morgan fingerprint density at radius 2 is 1.59 bits per heavy atom. The highest BCUT2D eigenvalue weighted by Gasteiger charge is 2.20. The van der Waals surface area contributed by atoms with Crippen LogP contribution in [0.25, 0.3) is 0 Å². The molecule has 1 aliphatic heterocycles. The Bertz CT molecular complexity index is 764. The highest BCUT2D eigenvalue weighted by molar-refractivity contribution is 5.95. The highest BCUT2D eigenvalue weighted by Crippen LogP contribution is 2.13. The van der Waals surface area contributed by atoms with E-state index in [-0.39, 0.29) is 11.9 Å². The fraction of sp³-hybridized carbons (Fsp3) is 0.0500. The van der Waals surface area contributed by atoms with Gasteiger partial charge in [0.05, 0.1) is 0 Å². The lowest BCUT2D eigenvalue weighted by molar-refractivity contribution is 0.0813. The summed E-state index contributed by atoms with van der Waals surface area (Å²) in [6.45, 7) is 0. The summed E-state index contributed by atoms with van der Waals surface area (Å²) < 4.78 is 0. The van der Waals surface area contributed by atoms with Gasteiger partial charge >= 0.3 is 0 Å². The molecule has 0 saturated heterocycles. The van der Waals surface area contributed by atoms with Crippen LogP contribution in [0.2, 0.25) is 0 Å². The van der Waals surface area contributed by atoms with Gasteiger partial charge in [-0.15, -0.1) is 0 Å². The van der Waals surface area contributed by atoms with Crippen molar-refractivity contribution in [1.82, 2.24) is 4.90 Å². The molecule has 1 aliphatic rings. The van der Waals surface area contributed by atoms with Gasteiger partial charge in [0.25, 0.3) is 5.91 Å². The van der Waals surface area contributed by atoms with Gasteiger partial charge in [-0.2, -0.15) is 0 Å². The van der Waals surface area contributed by atoms with Gasteiger partial charge in [0.1, 0.15) is 6.04 Å². The summed E-state index contributed by atoms with van der Waals surface area (Å²) in [5.41, 5.74) is 1.60. The largest absolute Gasteiger partial charge is 0.297 e. The molecule has 2 heteroatoms. The molecule has 106 valence electrons. The number of hydrogen-bond donors (Lipinski definition) is 0. The minimum atomic E-state index is -0.252. The predicted octanol–water partition coefficient (Wildman–Crippen LogP) is 3.63. The first-order valence-electron chi connectivity index (χ1n) is 7.14.